The summed E-state index contributed by atoms with van der Waals surface area (Å²) in [6.07, 6.45) is 3.67. The number of nitrogens with one attached hydrogen (secondary N) is 1. The van der Waals surface area contributed by atoms with E-state index in [1.54, 1.807) is 12.1 Å². The highest BCUT2D eigenvalue weighted by atomic mass is 19.1. The Hall–Kier alpha value is -3.00. The molecule has 8 heteroatoms. The molecule has 0 aliphatic carbocycles. The van der Waals surface area contributed by atoms with Gasteiger partial charge in [0.1, 0.15) is 23.1 Å². The van der Waals surface area contributed by atoms with Crippen LogP contribution in [-0.2, 0) is 17.7 Å². The lowest BCUT2D eigenvalue weighted by molar-refractivity contribution is 0.00102. The molecule has 0 saturated carbocycles. The average molecular weight is 443 g/mol. The molecule has 0 atom stereocenters. The van der Waals surface area contributed by atoms with Gasteiger partial charge in [-0.3, -0.25) is 4.90 Å². The van der Waals surface area contributed by atoms with E-state index in [-0.39, 0.29) is 17.9 Å². The number of H-pyrrole nitrogens is 1. The van der Waals surface area contributed by atoms with Gasteiger partial charge in [0, 0.05) is 61.2 Å². The van der Waals surface area contributed by atoms with Gasteiger partial charge in [-0.25, -0.2) is 18.0 Å². The zero-order valence-corrected chi connectivity index (χ0v) is 17.5. The number of halogens is 3. The molecule has 2 aliphatic heterocycles. The summed E-state index contributed by atoms with van der Waals surface area (Å²) < 4.78 is 46.4. The number of aromatic nitrogens is 1. The Kier molecular flexibility index (Phi) is 5.33. The fourth-order valence-corrected chi connectivity index (χ4v) is 4.75. The standard InChI is InChI=1S/C24H24F3N3O2/c25-18-3-4-22-20(11-18)16(13-28-22)5-8-29-9-6-24(7-10-29)15-30(23(31)32-24)14-17-1-2-19(26)12-21(17)27/h1-4,11-13,28H,5-10,14-15H2. The van der Waals surface area contributed by atoms with Gasteiger partial charge in [0.2, 0.25) is 0 Å². The molecule has 2 aliphatic rings. The predicted octanol–water partition coefficient (Wildman–Crippen LogP) is 4.61. The van der Waals surface area contributed by atoms with E-state index < -0.39 is 23.3 Å². The number of ether oxygens (including phenoxy) is 1. The van der Waals surface area contributed by atoms with Crippen LogP contribution < -0.4 is 0 Å². The fraction of sp³-hybridized carbons (Fsp3) is 0.375. The number of fused-ring (bicyclic) bond motifs is 1. The third-order valence-corrected chi connectivity index (χ3v) is 6.61. The molecule has 1 N–H and O–H groups in total. The van der Waals surface area contributed by atoms with Crippen molar-refractivity contribution in [3.63, 3.8) is 0 Å². The van der Waals surface area contributed by atoms with Gasteiger partial charge in [-0.2, -0.15) is 0 Å². The molecule has 1 spiro atoms. The smallest absolute Gasteiger partial charge is 0.410 e. The molecule has 2 fully saturated rings. The number of rotatable bonds is 5. The monoisotopic (exact) mass is 443 g/mol. The molecule has 1 aromatic heterocycles. The maximum Gasteiger partial charge on any atom is 0.410 e. The van der Waals surface area contributed by atoms with Crippen LogP contribution in [-0.4, -0.2) is 52.7 Å². The number of hydrogen-bond acceptors (Lipinski definition) is 3. The second kappa shape index (κ2) is 8.16. The number of carbonyl (C=O) groups excluding carboxylic acids is 1. The number of piperidine rings is 1. The number of carbonyl (C=O) groups is 1. The Morgan fingerprint density at radius 2 is 1.75 bits per heavy atom. The van der Waals surface area contributed by atoms with Crippen molar-refractivity contribution in [2.75, 3.05) is 26.2 Å². The van der Waals surface area contributed by atoms with Crippen LogP contribution in [0, 0.1) is 17.5 Å². The van der Waals surface area contributed by atoms with E-state index in [9.17, 15) is 18.0 Å². The van der Waals surface area contributed by atoms with Crippen molar-refractivity contribution in [3.05, 3.63) is 71.2 Å². The van der Waals surface area contributed by atoms with Crippen LogP contribution in [0.5, 0.6) is 0 Å². The Labute approximate surface area is 183 Å². The summed E-state index contributed by atoms with van der Waals surface area (Å²) >= 11 is 0. The molecule has 32 heavy (non-hydrogen) atoms. The van der Waals surface area contributed by atoms with Gasteiger partial charge in [0.25, 0.3) is 0 Å². The Morgan fingerprint density at radius 1 is 1.00 bits per heavy atom. The molecule has 1 amide bonds. The molecular weight excluding hydrogens is 419 g/mol. The summed E-state index contributed by atoms with van der Waals surface area (Å²) in [6.45, 7) is 2.86. The van der Waals surface area contributed by atoms with Gasteiger partial charge in [-0.15, -0.1) is 0 Å². The van der Waals surface area contributed by atoms with E-state index >= 15 is 0 Å². The third-order valence-electron chi connectivity index (χ3n) is 6.61. The maximum absolute atomic E-state index is 14.0. The summed E-state index contributed by atoms with van der Waals surface area (Å²) in [4.78, 5) is 19.4. The first-order valence-corrected chi connectivity index (χ1v) is 10.8. The van der Waals surface area contributed by atoms with Crippen molar-refractivity contribution in [1.82, 2.24) is 14.8 Å². The van der Waals surface area contributed by atoms with E-state index in [1.807, 2.05) is 6.20 Å². The molecule has 3 heterocycles. The lowest BCUT2D eigenvalue weighted by atomic mass is 9.91. The van der Waals surface area contributed by atoms with Crippen LogP contribution in [0.3, 0.4) is 0 Å². The number of likely N-dealkylation sites (tertiary alicyclic amines) is 1. The maximum atomic E-state index is 14.0. The Morgan fingerprint density at radius 3 is 2.53 bits per heavy atom. The van der Waals surface area contributed by atoms with Crippen molar-refractivity contribution in [1.29, 1.82) is 0 Å². The molecule has 2 aromatic carbocycles. The van der Waals surface area contributed by atoms with Gasteiger partial charge in [-0.05, 0) is 36.2 Å². The fourth-order valence-electron chi connectivity index (χ4n) is 4.75. The molecule has 5 nitrogen and oxygen atoms in total. The topological polar surface area (TPSA) is 48.6 Å². The lowest BCUT2D eigenvalue weighted by Gasteiger charge is -2.37. The number of benzene rings is 2. The van der Waals surface area contributed by atoms with E-state index in [2.05, 4.69) is 9.88 Å². The summed E-state index contributed by atoms with van der Waals surface area (Å²) in [5.41, 5.74) is 1.72. The Balaban J connectivity index is 1.17. The molecule has 0 unspecified atom stereocenters. The molecule has 3 aromatic rings. The lowest BCUT2D eigenvalue weighted by Crippen LogP contribution is -2.47. The summed E-state index contributed by atoms with van der Waals surface area (Å²) in [5.74, 6) is -1.55. The molecule has 2 saturated heterocycles. The first-order valence-electron chi connectivity index (χ1n) is 10.8. The van der Waals surface area contributed by atoms with Crippen LogP contribution in [0.25, 0.3) is 10.9 Å². The molecular formula is C24H24F3N3O2. The van der Waals surface area contributed by atoms with Crippen molar-refractivity contribution in [2.45, 2.75) is 31.4 Å². The van der Waals surface area contributed by atoms with Gasteiger partial charge in [0.05, 0.1) is 13.1 Å². The zero-order valence-electron chi connectivity index (χ0n) is 17.5. The average Bonchev–Trinajstić information content (AvgIpc) is 3.30. The first-order chi connectivity index (χ1) is 15.4. The number of aromatic amines is 1. The minimum absolute atomic E-state index is 0.0630. The third kappa shape index (κ3) is 4.07. The number of nitrogens with zero attached hydrogens (tertiary/aromatic N) is 2. The van der Waals surface area contributed by atoms with Crippen molar-refractivity contribution < 1.29 is 22.7 Å². The van der Waals surface area contributed by atoms with Crippen LogP contribution in [0.4, 0.5) is 18.0 Å². The normalized spacial score (nSPS) is 18.6. The van der Waals surface area contributed by atoms with E-state index in [1.165, 1.54) is 23.1 Å². The predicted molar refractivity (Wildman–Crippen MR) is 114 cm³/mol. The van der Waals surface area contributed by atoms with Gasteiger partial charge < -0.3 is 14.6 Å². The minimum Gasteiger partial charge on any atom is -0.441 e. The number of amides is 1. The highest BCUT2D eigenvalue weighted by molar-refractivity contribution is 5.83. The molecule has 0 radical (unpaired) electrons. The van der Waals surface area contributed by atoms with Crippen LogP contribution in [0.2, 0.25) is 0 Å². The van der Waals surface area contributed by atoms with Crippen molar-refractivity contribution >= 4 is 17.0 Å². The van der Waals surface area contributed by atoms with Crippen molar-refractivity contribution in [2.24, 2.45) is 0 Å². The Bertz CT molecular complexity index is 1150. The van der Waals surface area contributed by atoms with Gasteiger partial charge in [0.15, 0.2) is 0 Å². The zero-order chi connectivity index (χ0) is 22.3. The first kappa shape index (κ1) is 20.9. The number of hydrogen-bond donors (Lipinski definition) is 1. The SMILES string of the molecule is O=C1OC2(CCN(CCc3c[nH]c4ccc(F)cc34)CC2)CN1Cc1ccc(F)cc1F. The van der Waals surface area contributed by atoms with Crippen LogP contribution in [0.15, 0.2) is 42.6 Å². The van der Waals surface area contributed by atoms with Crippen LogP contribution in [0.1, 0.15) is 24.0 Å². The van der Waals surface area contributed by atoms with E-state index in [0.717, 1.165) is 48.6 Å². The minimum atomic E-state index is -0.661. The van der Waals surface area contributed by atoms with Crippen LogP contribution >= 0.6 is 0 Å². The van der Waals surface area contributed by atoms with Gasteiger partial charge >= 0.3 is 6.09 Å². The second-order valence-electron chi connectivity index (χ2n) is 8.74. The van der Waals surface area contributed by atoms with E-state index in [0.29, 0.717) is 19.4 Å². The molecule has 5 rings (SSSR count). The second-order valence-corrected chi connectivity index (χ2v) is 8.74. The molecule has 0 bridgehead atoms. The van der Waals surface area contributed by atoms with Crippen molar-refractivity contribution in [3.8, 4) is 0 Å². The molecule has 168 valence electrons. The summed E-state index contributed by atoms with van der Waals surface area (Å²) in [6, 6.07) is 8.13. The largest absolute Gasteiger partial charge is 0.441 e. The summed E-state index contributed by atoms with van der Waals surface area (Å²) in [7, 11) is 0. The van der Waals surface area contributed by atoms with E-state index in [4.69, 9.17) is 4.74 Å². The highest BCUT2D eigenvalue weighted by Crippen LogP contribution is 2.34. The quantitative estimate of drug-likeness (QED) is 0.626. The highest BCUT2D eigenvalue weighted by Gasteiger charge is 2.46. The van der Waals surface area contributed by atoms with Gasteiger partial charge in [-0.1, -0.05) is 6.07 Å². The summed E-state index contributed by atoms with van der Waals surface area (Å²) in [5, 5.41) is 0.909.